The van der Waals surface area contributed by atoms with Gasteiger partial charge in [-0.05, 0) is 38.8 Å². The quantitative estimate of drug-likeness (QED) is 0.840. The van der Waals surface area contributed by atoms with Crippen molar-refractivity contribution in [2.75, 3.05) is 26.2 Å². The van der Waals surface area contributed by atoms with Gasteiger partial charge in [0.1, 0.15) is 0 Å². The first-order valence-corrected chi connectivity index (χ1v) is 7.58. The Labute approximate surface area is 120 Å². The fraction of sp³-hybridized carbons (Fsp3) is 0.625. The van der Waals surface area contributed by atoms with Crippen LogP contribution in [0, 0.1) is 0 Å². The van der Waals surface area contributed by atoms with E-state index in [1.807, 2.05) is 23.1 Å². The number of rotatable bonds is 3. The van der Waals surface area contributed by atoms with Gasteiger partial charge in [0.2, 0.25) is 5.91 Å². The van der Waals surface area contributed by atoms with Gasteiger partial charge in [0.15, 0.2) is 0 Å². The van der Waals surface area contributed by atoms with Crippen LogP contribution in [0.1, 0.15) is 32.4 Å². The molecule has 1 aliphatic heterocycles. The molecule has 1 saturated carbocycles. The smallest absolute Gasteiger partial charge is 0.234 e. The number of piperazine rings is 1. The zero-order valence-electron chi connectivity index (χ0n) is 12.4. The van der Waals surface area contributed by atoms with Crippen molar-refractivity contribution >= 4 is 5.91 Å². The predicted octanol–water partition coefficient (Wildman–Crippen LogP) is 1.67. The molecule has 0 atom stereocenters. The normalized spacial score (nSPS) is 22.1. The average molecular weight is 273 g/mol. The lowest BCUT2D eigenvalue weighted by atomic mass is 9.99. The fourth-order valence-corrected chi connectivity index (χ4v) is 3.09. The molecule has 20 heavy (non-hydrogen) atoms. The van der Waals surface area contributed by atoms with Crippen LogP contribution in [-0.2, 0) is 10.2 Å². The Morgan fingerprint density at radius 1 is 1.20 bits per heavy atom. The minimum Gasteiger partial charge on any atom is -0.339 e. The molecule has 2 fully saturated rings. The molecule has 0 N–H and O–H groups in total. The first kappa shape index (κ1) is 13.6. The van der Waals surface area contributed by atoms with Gasteiger partial charge >= 0.3 is 0 Å². The second-order valence-corrected chi connectivity index (χ2v) is 6.22. The highest BCUT2D eigenvalue weighted by Crippen LogP contribution is 2.48. The molecule has 0 bridgehead atoms. The molecule has 0 spiro atoms. The molecule has 2 heterocycles. The van der Waals surface area contributed by atoms with Crippen molar-refractivity contribution < 1.29 is 4.79 Å². The SMILES string of the molecule is CC(C)N1CCN(C(=O)C2(c3ccccn3)CC2)CC1. The van der Waals surface area contributed by atoms with E-state index in [9.17, 15) is 4.79 Å². The molecule has 1 amide bonds. The Kier molecular flexibility index (Phi) is 3.50. The molecule has 4 nitrogen and oxygen atoms in total. The van der Waals surface area contributed by atoms with E-state index in [-0.39, 0.29) is 5.41 Å². The maximum atomic E-state index is 12.8. The van der Waals surface area contributed by atoms with Crippen molar-refractivity contribution in [1.82, 2.24) is 14.8 Å². The van der Waals surface area contributed by atoms with E-state index in [2.05, 4.69) is 23.7 Å². The number of nitrogens with zero attached hydrogens (tertiary/aromatic N) is 3. The highest BCUT2D eigenvalue weighted by Gasteiger charge is 2.54. The number of hydrogen-bond acceptors (Lipinski definition) is 3. The third kappa shape index (κ3) is 2.33. The van der Waals surface area contributed by atoms with Gasteiger partial charge in [-0.3, -0.25) is 14.7 Å². The summed E-state index contributed by atoms with van der Waals surface area (Å²) in [7, 11) is 0. The van der Waals surface area contributed by atoms with Gasteiger partial charge in [-0.1, -0.05) is 6.07 Å². The Balaban J connectivity index is 1.69. The van der Waals surface area contributed by atoms with Crippen LogP contribution in [0.25, 0.3) is 0 Å². The van der Waals surface area contributed by atoms with Gasteiger partial charge in [0.25, 0.3) is 0 Å². The highest BCUT2D eigenvalue weighted by atomic mass is 16.2. The Hall–Kier alpha value is -1.42. The fourth-order valence-electron chi connectivity index (χ4n) is 3.09. The molecule has 4 heteroatoms. The van der Waals surface area contributed by atoms with E-state index in [1.54, 1.807) is 6.20 Å². The van der Waals surface area contributed by atoms with Crippen molar-refractivity contribution in [3.05, 3.63) is 30.1 Å². The van der Waals surface area contributed by atoms with Crippen LogP contribution in [0.5, 0.6) is 0 Å². The van der Waals surface area contributed by atoms with Crippen LogP contribution in [0.15, 0.2) is 24.4 Å². The minimum absolute atomic E-state index is 0.291. The summed E-state index contributed by atoms with van der Waals surface area (Å²) in [5, 5.41) is 0. The van der Waals surface area contributed by atoms with E-state index < -0.39 is 0 Å². The van der Waals surface area contributed by atoms with Crippen molar-refractivity contribution in [1.29, 1.82) is 0 Å². The molecular formula is C16H23N3O. The molecule has 0 unspecified atom stereocenters. The average Bonchev–Trinajstić information content (AvgIpc) is 3.29. The summed E-state index contributed by atoms with van der Waals surface area (Å²) in [5.41, 5.74) is 0.651. The van der Waals surface area contributed by atoms with E-state index in [1.165, 1.54) is 0 Å². The number of hydrogen-bond donors (Lipinski definition) is 0. The van der Waals surface area contributed by atoms with Crippen molar-refractivity contribution in [2.45, 2.75) is 38.1 Å². The van der Waals surface area contributed by atoms with Gasteiger partial charge in [-0.15, -0.1) is 0 Å². The molecule has 0 radical (unpaired) electrons. The first-order chi connectivity index (χ1) is 9.63. The number of carbonyl (C=O) groups is 1. The zero-order chi connectivity index (χ0) is 14.2. The van der Waals surface area contributed by atoms with Crippen LogP contribution in [0.4, 0.5) is 0 Å². The first-order valence-electron chi connectivity index (χ1n) is 7.58. The van der Waals surface area contributed by atoms with E-state index in [0.29, 0.717) is 11.9 Å². The maximum Gasteiger partial charge on any atom is 0.234 e. The van der Waals surface area contributed by atoms with Crippen molar-refractivity contribution in [3.8, 4) is 0 Å². The van der Waals surface area contributed by atoms with E-state index in [4.69, 9.17) is 0 Å². The number of carbonyl (C=O) groups excluding carboxylic acids is 1. The van der Waals surface area contributed by atoms with Crippen LogP contribution in [0.2, 0.25) is 0 Å². The van der Waals surface area contributed by atoms with Crippen LogP contribution >= 0.6 is 0 Å². The Bertz CT molecular complexity index is 474. The molecular weight excluding hydrogens is 250 g/mol. The predicted molar refractivity (Wildman–Crippen MR) is 78.4 cm³/mol. The lowest BCUT2D eigenvalue weighted by Gasteiger charge is -2.38. The number of aromatic nitrogens is 1. The lowest BCUT2D eigenvalue weighted by Crippen LogP contribution is -2.53. The molecule has 1 aliphatic carbocycles. The topological polar surface area (TPSA) is 36.4 Å². The molecule has 108 valence electrons. The summed E-state index contributed by atoms with van der Waals surface area (Å²) < 4.78 is 0. The number of pyridine rings is 1. The largest absolute Gasteiger partial charge is 0.339 e. The van der Waals surface area contributed by atoms with E-state index >= 15 is 0 Å². The van der Waals surface area contributed by atoms with Gasteiger partial charge in [0.05, 0.1) is 11.1 Å². The molecule has 2 aliphatic rings. The lowest BCUT2D eigenvalue weighted by molar-refractivity contribution is -0.136. The summed E-state index contributed by atoms with van der Waals surface area (Å²) in [6.07, 6.45) is 3.69. The summed E-state index contributed by atoms with van der Waals surface area (Å²) in [6.45, 7) is 8.11. The van der Waals surface area contributed by atoms with Crippen LogP contribution in [-0.4, -0.2) is 52.9 Å². The van der Waals surface area contributed by atoms with Crippen LogP contribution < -0.4 is 0 Å². The van der Waals surface area contributed by atoms with E-state index in [0.717, 1.165) is 44.7 Å². The number of amides is 1. The summed E-state index contributed by atoms with van der Waals surface area (Å²) in [5.74, 6) is 0.291. The standard InChI is InChI=1S/C16H23N3O/c1-13(2)18-9-11-19(12-10-18)15(20)16(6-7-16)14-5-3-4-8-17-14/h3-5,8,13H,6-7,9-12H2,1-2H3. The Morgan fingerprint density at radius 2 is 1.90 bits per heavy atom. The molecule has 1 aromatic heterocycles. The molecule has 1 aromatic rings. The summed E-state index contributed by atoms with van der Waals surface area (Å²) in [4.78, 5) is 21.7. The Morgan fingerprint density at radius 3 is 2.40 bits per heavy atom. The second-order valence-electron chi connectivity index (χ2n) is 6.22. The van der Waals surface area contributed by atoms with Gasteiger partial charge < -0.3 is 4.90 Å². The monoisotopic (exact) mass is 273 g/mol. The molecule has 1 saturated heterocycles. The molecule has 0 aromatic carbocycles. The highest BCUT2D eigenvalue weighted by molar-refractivity contribution is 5.90. The van der Waals surface area contributed by atoms with Crippen molar-refractivity contribution in [3.63, 3.8) is 0 Å². The summed E-state index contributed by atoms with van der Waals surface area (Å²) in [6, 6.07) is 6.45. The third-order valence-electron chi connectivity index (χ3n) is 4.65. The minimum atomic E-state index is -0.304. The maximum absolute atomic E-state index is 12.8. The summed E-state index contributed by atoms with van der Waals surface area (Å²) >= 11 is 0. The third-order valence-corrected chi connectivity index (χ3v) is 4.65. The van der Waals surface area contributed by atoms with Gasteiger partial charge in [-0.25, -0.2) is 0 Å². The second kappa shape index (κ2) is 5.17. The van der Waals surface area contributed by atoms with Gasteiger partial charge in [-0.2, -0.15) is 0 Å². The van der Waals surface area contributed by atoms with Crippen molar-refractivity contribution in [2.24, 2.45) is 0 Å². The van der Waals surface area contributed by atoms with Crippen LogP contribution in [0.3, 0.4) is 0 Å². The van der Waals surface area contributed by atoms with Gasteiger partial charge in [0, 0.05) is 38.4 Å². The molecule has 3 rings (SSSR count). The zero-order valence-corrected chi connectivity index (χ0v) is 12.4.